The van der Waals surface area contributed by atoms with Gasteiger partial charge in [-0.25, -0.2) is 0 Å². The first-order valence-corrected chi connectivity index (χ1v) is 39.8. The summed E-state index contributed by atoms with van der Waals surface area (Å²) >= 11 is 0. The lowest BCUT2D eigenvalue weighted by atomic mass is 10.0. The van der Waals surface area contributed by atoms with Crippen LogP contribution in [0.5, 0.6) is 0 Å². The molecule has 2 atom stereocenters. The number of amides is 1. The summed E-state index contributed by atoms with van der Waals surface area (Å²) < 4.78 is 5.52. The molecule has 0 heterocycles. The van der Waals surface area contributed by atoms with E-state index in [9.17, 15) is 19.8 Å². The van der Waals surface area contributed by atoms with E-state index in [0.29, 0.717) is 19.4 Å². The van der Waals surface area contributed by atoms with Crippen LogP contribution >= 0.6 is 0 Å². The third-order valence-electron chi connectivity index (χ3n) is 18.7. The Morgan fingerprint density at radius 2 is 0.575 bits per heavy atom. The minimum Gasteiger partial charge on any atom is -0.466 e. The fourth-order valence-corrected chi connectivity index (χ4v) is 12.6. The molecule has 0 fully saturated rings. The van der Waals surface area contributed by atoms with E-state index in [0.717, 1.165) is 44.9 Å². The second kappa shape index (κ2) is 76.5. The highest BCUT2D eigenvalue weighted by Crippen LogP contribution is 2.20. The molecule has 6 nitrogen and oxygen atoms in total. The van der Waals surface area contributed by atoms with Crippen molar-refractivity contribution in [3.63, 3.8) is 0 Å². The third-order valence-corrected chi connectivity index (χ3v) is 18.7. The average molecular weight is 1220 g/mol. The Morgan fingerprint density at radius 1 is 0.322 bits per heavy atom. The van der Waals surface area contributed by atoms with Crippen LogP contribution in [0.3, 0.4) is 0 Å². The van der Waals surface area contributed by atoms with Gasteiger partial charge in [-0.2, -0.15) is 0 Å². The molecular formula is C81H155NO5. The molecule has 0 spiro atoms. The molecule has 0 aliphatic rings. The van der Waals surface area contributed by atoms with Crippen LogP contribution < -0.4 is 5.32 Å². The van der Waals surface area contributed by atoms with E-state index in [-0.39, 0.29) is 18.5 Å². The lowest BCUT2D eigenvalue weighted by Gasteiger charge is -2.20. The molecule has 0 rings (SSSR count). The van der Waals surface area contributed by atoms with Crippen LogP contribution in [0.1, 0.15) is 444 Å². The summed E-state index contributed by atoms with van der Waals surface area (Å²) in [5, 5.41) is 23.2. The van der Waals surface area contributed by atoms with E-state index in [1.807, 2.05) is 6.08 Å². The number of aliphatic hydroxyl groups excluding tert-OH is 2. The molecule has 0 radical (unpaired) electrons. The number of carbonyl (C=O) groups is 2. The van der Waals surface area contributed by atoms with Crippen molar-refractivity contribution in [2.75, 3.05) is 13.2 Å². The zero-order chi connectivity index (χ0) is 62.8. The van der Waals surface area contributed by atoms with Crippen molar-refractivity contribution in [2.24, 2.45) is 0 Å². The molecule has 87 heavy (non-hydrogen) atoms. The number of hydrogen-bond donors (Lipinski definition) is 3. The normalized spacial score (nSPS) is 12.6. The second-order valence-electron chi connectivity index (χ2n) is 27.4. The van der Waals surface area contributed by atoms with Crippen molar-refractivity contribution >= 4 is 11.9 Å². The molecule has 0 aliphatic carbocycles. The zero-order valence-electron chi connectivity index (χ0n) is 59.0. The standard InChI is InChI=1S/C81H155NO5/c1-3-5-7-9-11-13-15-17-19-21-38-43-47-51-55-59-63-67-71-75-81(86)87-76-72-68-64-60-56-52-48-44-40-37-35-33-31-29-27-25-23-24-26-28-30-32-34-36-39-42-46-50-54-58-62-66-70-74-80(85)82-78(77-83)79(84)73-69-65-61-57-53-49-45-41-22-20-18-16-14-12-10-8-6-4-2/h27,29,33,35,69,73,78-79,83-84H,3-26,28,30-32,34,36-68,70-72,74-77H2,1-2H3,(H,82,85)/b29-27-,35-33-,73-69+. The van der Waals surface area contributed by atoms with E-state index < -0.39 is 12.1 Å². The van der Waals surface area contributed by atoms with Gasteiger partial charge in [0, 0.05) is 12.8 Å². The van der Waals surface area contributed by atoms with E-state index in [4.69, 9.17) is 4.74 Å². The van der Waals surface area contributed by atoms with Crippen molar-refractivity contribution in [3.05, 3.63) is 36.5 Å². The summed E-state index contributed by atoms with van der Waals surface area (Å²) in [7, 11) is 0. The van der Waals surface area contributed by atoms with Crippen LogP contribution in [0.15, 0.2) is 36.5 Å². The van der Waals surface area contributed by atoms with Gasteiger partial charge in [0.2, 0.25) is 5.91 Å². The molecule has 0 bridgehead atoms. The van der Waals surface area contributed by atoms with Gasteiger partial charge >= 0.3 is 5.97 Å². The third kappa shape index (κ3) is 73.0. The van der Waals surface area contributed by atoms with E-state index in [1.54, 1.807) is 6.08 Å². The van der Waals surface area contributed by atoms with Crippen LogP contribution in [0.2, 0.25) is 0 Å². The van der Waals surface area contributed by atoms with Gasteiger partial charge in [0.15, 0.2) is 0 Å². The minimum absolute atomic E-state index is 0.0195. The predicted molar refractivity (Wildman–Crippen MR) is 384 cm³/mol. The highest BCUT2D eigenvalue weighted by molar-refractivity contribution is 5.76. The van der Waals surface area contributed by atoms with Crippen LogP contribution in [-0.2, 0) is 14.3 Å². The molecule has 1 amide bonds. The maximum atomic E-state index is 12.5. The average Bonchev–Trinajstić information content (AvgIpc) is 3.52. The molecule has 0 aromatic rings. The summed E-state index contributed by atoms with van der Waals surface area (Å²) in [5.74, 6) is -0.0429. The van der Waals surface area contributed by atoms with Crippen molar-refractivity contribution < 1.29 is 24.5 Å². The number of rotatable bonds is 75. The lowest BCUT2D eigenvalue weighted by Crippen LogP contribution is -2.45. The Morgan fingerprint density at radius 3 is 0.874 bits per heavy atom. The Bertz CT molecular complexity index is 1410. The van der Waals surface area contributed by atoms with Crippen molar-refractivity contribution in [3.8, 4) is 0 Å². The zero-order valence-corrected chi connectivity index (χ0v) is 59.0. The van der Waals surface area contributed by atoms with E-state index >= 15 is 0 Å². The number of carbonyl (C=O) groups excluding carboxylic acids is 2. The van der Waals surface area contributed by atoms with Gasteiger partial charge in [0.25, 0.3) is 0 Å². The van der Waals surface area contributed by atoms with Crippen molar-refractivity contribution in [2.45, 2.75) is 456 Å². The van der Waals surface area contributed by atoms with Crippen molar-refractivity contribution in [1.29, 1.82) is 0 Å². The van der Waals surface area contributed by atoms with Crippen molar-refractivity contribution in [1.82, 2.24) is 5.32 Å². The maximum Gasteiger partial charge on any atom is 0.305 e. The SMILES string of the molecule is CCCCCCCCCCCCCCCCCC/C=C/C(O)C(CO)NC(=O)CCCCCCCCCCCCCCCCCCC/C=C\C/C=C\CCCCCCCCCCCOC(=O)CCCCCCCCCCCCCCCCCCCCC. The number of unbranched alkanes of at least 4 members (excludes halogenated alkanes) is 60. The summed E-state index contributed by atoms with van der Waals surface area (Å²) in [4.78, 5) is 24.7. The molecule has 0 aromatic carbocycles. The summed E-state index contributed by atoms with van der Waals surface area (Å²) in [6.07, 6.45) is 99.8. The van der Waals surface area contributed by atoms with E-state index in [1.165, 1.54) is 372 Å². The van der Waals surface area contributed by atoms with E-state index in [2.05, 4.69) is 43.5 Å². The number of ether oxygens (including phenoxy) is 1. The number of allylic oxidation sites excluding steroid dienone is 5. The largest absolute Gasteiger partial charge is 0.466 e. The Kier molecular flexibility index (Phi) is 74.8. The Balaban J connectivity index is 3.38. The van der Waals surface area contributed by atoms with Crippen LogP contribution in [-0.4, -0.2) is 47.4 Å². The molecule has 514 valence electrons. The van der Waals surface area contributed by atoms with Crippen LogP contribution in [0, 0.1) is 0 Å². The summed E-state index contributed by atoms with van der Waals surface area (Å²) in [6, 6.07) is -0.627. The Hall–Kier alpha value is -1.92. The van der Waals surface area contributed by atoms with Gasteiger partial charge in [-0.3, -0.25) is 9.59 Å². The number of nitrogens with one attached hydrogen (secondary N) is 1. The first kappa shape index (κ1) is 85.1. The quantitative estimate of drug-likeness (QED) is 0.0320. The van der Waals surface area contributed by atoms with Gasteiger partial charge in [0.1, 0.15) is 0 Å². The van der Waals surface area contributed by atoms with Crippen LogP contribution in [0.25, 0.3) is 0 Å². The number of esters is 1. The topological polar surface area (TPSA) is 95.9 Å². The molecule has 0 aliphatic heterocycles. The van der Waals surface area contributed by atoms with Gasteiger partial charge in [-0.05, 0) is 64.2 Å². The number of aliphatic hydroxyl groups is 2. The maximum absolute atomic E-state index is 12.5. The molecule has 0 saturated heterocycles. The smallest absolute Gasteiger partial charge is 0.305 e. The fourth-order valence-electron chi connectivity index (χ4n) is 12.6. The fraction of sp³-hybridized carbons (Fsp3) is 0.901. The predicted octanol–water partition coefficient (Wildman–Crippen LogP) is 26.2. The first-order valence-electron chi connectivity index (χ1n) is 39.8. The monoisotopic (exact) mass is 1220 g/mol. The van der Waals surface area contributed by atoms with Crippen LogP contribution in [0.4, 0.5) is 0 Å². The Labute approximate surface area is 544 Å². The van der Waals surface area contributed by atoms with Gasteiger partial charge in [-0.15, -0.1) is 0 Å². The highest BCUT2D eigenvalue weighted by Gasteiger charge is 2.18. The highest BCUT2D eigenvalue weighted by atomic mass is 16.5. The molecular weight excluding hydrogens is 1070 g/mol. The van der Waals surface area contributed by atoms with Gasteiger partial charge < -0.3 is 20.3 Å². The molecule has 0 saturated carbocycles. The second-order valence-corrected chi connectivity index (χ2v) is 27.4. The number of hydrogen-bond acceptors (Lipinski definition) is 5. The minimum atomic E-state index is -0.844. The summed E-state index contributed by atoms with van der Waals surface area (Å²) in [5.41, 5.74) is 0. The first-order chi connectivity index (χ1) is 43.0. The molecule has 2 unspecified atom stereocenters. The molecule has 0 aromatic heterocycles. The molecule has 3 N–H and O–H groups in total. The van der Waals surface area contributed by atoms with Gasteiger partial charge in [0.05, 0.1) is 25.4 Å². The van der Waals surface area contributed by atoms with Gasteiger partial charge in [-0.1, -0.05) is 403 Å². The lowest BCUT2D eigenvalue weighted by molar-refractivity contribution is -0.143. The molecule has 6 heteroatoms. The summed E-state index contributed by atoms with van der Waals surface area (Å²) in [6.45, 7) is 4.95.